The zero-order valence-electron chi connectivity index (χ0n) is 14.9. The monoisotopic (exact) mass is 389 g/mol. The number of fused-ring (bicyclic) bond motifs is 2. The first-order chi connectivity index (χ1) is 12.7. The van der Waals surface area contributed by atoms with Crippen LogP contribution in [0.5, 0.6) is 5.75 Å². The van der Waals surface area contributed by atoms with Crippen LogP contribution in [0.25, 0.3) is 0 Å². The number of ether oxygens (including phenoxy) is 2. The highest BCUT2D eigenvalue weighted by Crippen LogP contribution is 2.44. The minimum Gasteiger partial charge on any atom is -0.497 e. The molecule has 4 nitrogen and oxygen atoms in total. The van der Waals surface area contributed by atoms with E-state index in [0.717, 1.165) is 49.6 Å². The van der Waals surface area contributed by atoms with Crippen LogP contribution < -0.4 is 4.74 Å². The summed E-state index contributed by atoms with van der Waals surface area (Å²) in [6, 6.07) is 10.1. The number of hydrogen-bond donors (Lipinski definition) is 0. The number of rotatable bonds is 4. The van der Waals surface area contributed by atoms with Gasteiger partial charge in [-0.3, -0.25) is 4.79 Å². The third kappa shape index (κ3) is 3.50. The molecule has 2 aliphatic rings. The fraction of sp³-hybridized carbons (Fsp3) is 0.450. The molecule has 138 valence electrons. The van der Waals surface area contributed by atoms with Gasteiger partial charge in [0.25, 0.3) is 0 Å². The van der Waals surface area contributed by atoms with Crippen LogP contribution in [-0.2, 0) is 21.6 Å². The Hall–Kier alpha value is -1.50. The Kier molecular flexibility index (Phi) is 5.25. The lowest BCUT2D eigenvalue weighted by molar-refractivity contribution is -0.137. The van der Waals surface area contributed by atoms with E-state index in [1.165, 1.54) is 10.4 Å². The Morgan fingerprint density at radius 2 is 2.19 bits per heavy atom. The maximum absolute atomic E-state index is 12.6. The van der Waals surface area contributed by atoms with Gasteiger partial charge in [0.15, 0.2) is 0 Å². The predicted octanol–water partition coefficient (Wildman–Crippen LogP) is 3.94. The first-order valence-electron chi connectivity index (χ1n) is 8.96. The molecular formula is C20H23NO3S2. The van der Waals surface area contributed by atoms with Crippen molar-refractivity contribution in [3.05, 3.63) is 46.2 Å². The summed E-state index contributed by atoms with van der Waals surface area (Å²) in [4.78, 5) is 17.1. The molecule has 2 aromatic rings. The minimum absolute atomic E-state index is 0.154. The highest BCUT2D eigenvalue weighted by atomic mass is 32.2. The lowest BCUT2D eigenvalue weighted by atomic mass is 9.85. The molecule has 1 saturated heterocycles. The normalized spacial score (nSPS) is 18.6. The number of methoxy groups -OCH3 is 1. The third-order valence-corrected chi connectivity index (χ3v) is 7.36. The third-order valence-electron chi connectivity index (χ3n) is 5.24. The Balaban J connectivity index is 1.34. The summed E-state index contributed by atoms with van der Waals surface area (Å²) in [6.07, 6.45) is 2.81. The van der Waals surface area contributed by atoms with Crippen molar-refractivity contribution in [3.8, 4) is 5.75 Å². The molecule has 1 aromatic carbocycles. The molecule has 1 amide bonds. The molecule has 3 heterocycles. The van der Waals surface area contributed by atoms with Crippen molar-refractivity contribution in [2.75, 3.05) is 32.6 Å². The number of hydrogen-bond acceptors (Lipinski definition) is 5. The summed E-state index contributed by atoms with van der Waals surface area (Å²) in [7, 11) is 1.66. The predicted molar refractivity (Wildman–Crippen MR) is 105 cm³/mol. The molecule has 2 aliphatic heterocycles. The Morgan fingerprint density at radius 1 is 1.35 bits per heavy atom. The molecule has 0 unspecified atom stereocenters. The van der Waals surface area contributed by atoms with Gasteiger partial charge in [0.2, 0.25) is 5.91 Å². The molecule has 1 aromatic heterocycles. The van der Waals surface area contributed by atoms with E-state index >= 15 is 0 Å². The van der Waals surface area contributed by atoms with Crippen molar-refractivity contribution >= 4 is 29.0 Å². The topological polar surface area (TPSA) is 38.8 Å². The Bertz CT molecular complexity index is 781. The second kappa shape index (κ2) is 7.62. The number of carbonyl (C=O) groups excluding carboxylic acids is 1. The second-order valence-corrected chi connectivity index (χ2v) is 8.68. The second-order valence-electron chi connectivity index (χ2n) is 6.72. The molecule has 0 bridgehead atoms. The van der Waals surface area contributed by atoms with E-state index in [4.69, 9.17) is 9.47 Å². The molecule has 1 fully saturated rings. The van der Waals surface area contributed by atoms with Crippen LogP contribution in [0.1, 0.15) is 23.3 Å². The van der Waals surface area contributed by atoms with Gasteiger partial charge in [-0.05, 0) is 54.5 Å². The molecule has 1 spiro atoms. The van der Waals surface area contributed by atoms with E-state index < -0.39 is 0 Å². The average Bonchev–Trinajstić information content (AvgIpc) is 3.17. The lowest BCUT2D eigenvalue weighted by Gasteiger charge is -2.43. The van der Waals surface area contributed by atoms with Crippen molar-refractivity contribution in [3.63, 3.8) is 0 Å². The van der Waals surface area contributed by atoms with Crippen molar-refractivity contribution in [2.24, 2.45) is 0 Å². The number of likely N-dealkylation sites (tertiary alicyclic amines) is 1. The highest BCUT2D eigenvalue weighted by Gasteiger charge is 2.42. The minimum atomic E-state index is -0.154. The number of thiophene rings is 1. The van der Waals surface area contributed by atoms with Crippen LogP contribution in [-0.4, -0.2) is 43.4 Å². The molecule has 0 atom stereocenters. The standard InChI is InChI=1S/C20H23NO3S2/c1-23-16-3-2-4-17(13-16)26-14-18(22)21-9-7-20(8-10-21)19-15(5-11-24-20)6-12-25-19/h2-4,6,12-13H,5,7-11,14H2,1H3. The lowest BCUT2D eigenvalue weighted by Crippen LogP contribution is -2.48. The summed E-state index contributed by atoms with van der Waals surface area (Å²) in [5.41, 5.74) is 1.29. The summed E-state index contributed by atoms with van der Waals surface area (Å²) < 4.78 is 11.5. The van der Waals surface area contributed by atoms with Gasteiger partial charge >= 0.3 is 0 Å². The average molecular weight is 390 g/mol. The Labute approximate surface area is 162 Å². The van der Waals surface area contributed by atoms with E-state index in [1.807, 2.05) is 29.2 Å². The number of thioether (sulfide) groups is 1. The molecule has 0 aliphatic carbocycles. The number of piperidine rings is 1. The number of nitrogens with zero attached hydrogens (tertiary/aromatic N) is 1. The van der Waals surface area contributed by atoms with E-state index in [-0.39, 0.29) is 11.5 Å². The summed E-state index contributed by atoms with van der Waals surface area (Å²) in [5, 5.41) is 2.17. The molecule has 6 heteroatoms. The maximum atomic E-state index is 12.6. The van der Waals surface area contributed by atoms with Gasteiger partial charge < -0.3 is 14.4 Å². The zero-order valence-corrected chi connectivity index (χ0v) is 16.5. The fourth-order valence-electron chi connectivity index (χ4n) is 3.77. The van der Waals surface area contributed by atoms with E-state index in [0.29, 0.717) is 5.75 Å². The van der Waals surface area contributed by atoms with Gasteiger partial charge in [-0.15, -0.1) is 23.1 Å². The SMILES string of the molecule is COc1cccc(SCC(=O)N2CCC3(CC2)OCCc2ccsc23)c1. The number of benzene rings is 1. The molecule has 0 saturated carbocycles. The molecule has 0 radical (unpaired) electrons. The first kappa shape index (κ1) is 17.9. The van der Waals surface area contributed by atoms with Crippen molar-refractivity contribution in [1.82, 2.24) is 4.90 Å². The smallest absolute Gasteiger partial charge is 0.232 e. The maximum Gasteiger partial charge on any atom is 0.232 e. The van der Waals surface area contributed by atoms with Gasteiger partial charge in [-0.1, -0.05) is 6.07 Å². The molecule has 4 rings (SSSR count). The molecular weight excluding hydrogens is 366 g/mol. The van der Waals surface area contributed by atoms with Crippen molar-refractivity contribution in [2.45, 2.75) is 29.8 Å². The van der Waals surface area contributed by atoms with Gasteiger partial charge in [0.1, 0.15) is 11.4 Å². The van der Waals surface area contributed by atoms with Crippen molar-refractivity contribution < 1.29 is 14.3 Å². The highest BCUT2D eigenvalue weighted by molar-refractivity contribution is 8.00. The largest absolute Gasteiger partial charge is 0.497 e. The molecule has 0 N–H and O–H groups in total. The van der Waals surface area contributed by atoms with Gasteiger partial charge in [0.05, 0.1) is 19.5 Å². The van der Waals surface area contributed by atoms with Crippen LogP contribution >= 0.6 is 23.1 Å². The van der Waals surface area contributed by atoms with Crippen LogP contribution in [0.3, 0.4) is 0 Å². The summed E-state index contributed by atoms with van der Waals surface area (Å²) >= 11 is 3.38. The van der Waals surface area contributed by atoms with Crippen LogP contribution in [0, 0.1) is 0 Å². The van der Waals surface area contributed by atoms with Crippen LogP contribution in [0.4, 0.5) is 0 Å². The van der Waals surface area contributed by atoms with Gasteiger partial charge in [-0.2, -0.15) is 0 Å². The number of amides is 1. The van der Waals surface area contributed by atoms with Crippen molar-refractivity contribution in [1.29, 1.82) is 0 Å². The Morgan fingerprint density at radius 3 is 3.00 bits per heavy atom. The summed E-state index contributed by atoms with van der Waals surface area (Å²) in [5.74, 6) is 1.49. The van der Waals surface area contributed by atoms with Crippen LogP contribution in [0.15, 0.2) is 40.6 Å². The fourth-order valence-corrected chi connectivity index (χ4v) is 5.79. The summed E-state index contributed by atoms with van der Waals surface area (Å²) in [6.45, 7) is 2.34. The quantitative estimate of drug-likeness (QED) is 0.743. The van der Waals surface area contributed by atoms with Gasteiger partial charge in [-0.25, -0.2) is 0 Å². The van der Waals surface area contributed by atoms with E-state index in [9.17, 15) is 4.79 Å². The van der Waals surface area contributed by atoms with Gasteiger partial charge in [0, 0.05) is 22.9 Å². The first-order valence-corrected chi connectivity index (χ1v) is 10.8. The van der Waals surface area contributed by atoms with E-state index in [2.05, 4.69) is 11.4 Å². The van der Waals surface area contributed by atoms with E-state index in [1.54, 1.807) is 30.2 Å². The molecule has 26 heavy (non-hydrogen) atoms. The zero-order chi connectivity index (χ0) is 18.0. The number of carbonyl (C=O) groups is 1. The van der Waals surface area contributed by atoms with Crippen LogP contribution in [0.2, 0.25) is 0 Å².